The number of sulfonamides is 2. The van der Waals surface area contributed by atoms with Crippen LogP contribution < -0.4 is 9.44 Å². The summed E-state index contributed by atoms with van der Waals surface area (Å²) in [6.07, 6.45) is 0. The molecule has 0 aliphatic rings. The van der Waals surface area contributed by atoms with Crippen molar-refractivity contribution < 1.29 is 26.7 Å². The van der Waals surface area contributed by atoms with Crippen LogP contribution in [0.15, 0.2) is 35.2 Å². The van der Waals surface area contributed by atoms with Crippen LogP contribution in [0.1, 0.15) is 13.8 Å². The highest BCUT2D eigenvalue weighted by molar-refractivity contribution is 7.90. The molecule has 10 heteroatoms. The molecule has 0 radical (unpaired) electrons. The highest BCUT2D eigenvalue weighted by Gasteiger charge is 2.27. The van der Waals surface area contributed by atoms with Crippen LogP contribution in [-0.4, -0.2) is 46.3 Å². The number of carboxylic acid groups (broad SMARTS) is 1. The Labute approximate surface area is 136 Å². The Bertz CT molecular complexity index is 729. The van der Waals surface area contributed by atoms with Crippen LogP contribution in [-0.2, 0) is 24.8 Å². The van der Waals surface area contributed by atoms with Crippen LogP contribution >= 0.6 is 0 Å². The zero-order chi connectivity index (χ0) is 17.7. The molecule has 1 aromatic carbocycles. The fourth-order valence-electron chi connectivity index (χ4n) is 1.72. The Morgan fingerprint density at radius 3 is 2.17 bits per heavy atom. The van der Waals surface area contributed by atoms with Gasteiger partial charge >= 0.3 is 5.97 Å². The van der Waals surface area contributed by atoms with Gasteiger partial charge in [-0.15, -0.1) is 0 Å². The van der Waals surface area contributed by atoms with Crippen molar-refractivity contribution in [3.05, 3.63) is 30.3 Å². The highest BCUT2D eigenvalue weighted by atomic mass is 32.2. The van der Waals surface area contributed by atoms with Crippen molar-refractivity contribution in [2.45, 2.75) is 24.8 Å². The average Bonchev–Trinajstić information content (AvgIpc) is 2.45. The quantitative estimate of drug-likeness (QED) is 0.565. The van der Waals surface area contributed by atoms with E-state index >= 15 is 0 Å². The van der Waals surface area contributed by atoms with Crippen molar-refractivity contribution >= 4 is 26.0 Å². The van der Waals surface area contributed by atoms with Gasteiger partial charge in [-0.25, -0.2) is 26.3 Å². The first-order chi connectivity index (χ1) is 10.6. The van der Waals surface area contributed by atoms with E-state index in [0.29, 0.717) is 0 Å². The van der Waals surface area contributed by atoms with Gasteiger partial charge in [0.05, 0.1) is 10.6 Å². The van der Waals surface area contributed by atoms with Crippen LogP contribution in [0.5, 0.6) is 0 Å². The SMILES string of the molecule is CC(C)[C@H](NS(=O)(=O)CCNS(=O)(=O)c1ccccc1)C(=O)O. The third-order valence-electron chi connectivity index (χ3n) is 2.96. The first-order valence-corrected chi connectivity index (χ1v) is 9.96. The normalized spacial score (nSPS) is 13.9. The van der Waals surface area contributed by atoms with E-state index < -0.39 is 43.7 Å². The Morgan fingerprint density at radius 2 is 1.70 bits per heavy atom. The number of hydrogen-bond donors (Lipinski definition) is 3. The summed E-state index contributed by atoms with van der Waals surface area (Å²) in [5, 5.41) is 8.97. The number of benzene rings is 1. The summed E-state index contributed by atoms with van der Waals surface area (Å²) >= 11 is 0. The topological polar surface area (TPSA) is 130 Å². The zero-order valence-electron chi connectivity index (χ0n) is 12.8. The lowest BCUT2D eigenvalue weighted by atomic mass is 10.1. The molecule has 23 heavy (non-hydrogen) atoms. The predicted molar refractivity (Wildman–Crippen MR) is 84.8 cm³/mol. The molecular weight excluding hydrogens is 344 g/mol. The third kappa shape index (κ3) is 6.26. The average molecular weight is 364 g/mol. The molecule has 0 spiro atoms. The van der Waals surface area contributed by atoms with Crippen molar-refractivity contribution in [3.63, 3.8) is 0 Å². The van der Waals surface area contributed by atoms with E-state index in [2.05, 4.69) is 9.44 Å². The summed E-state index contributed by atoms with van der Waals surface area (Å²) in [5.41, 5.74) is 0. The lowest BCUT2D eigenvalue weighted by Crippen LogP contribution is -2.46. The Kier molecular flexibility index (Phi) is 6.69. The zero-order valence-corrected chi connectivity index (χ0v) is 14.4. The minimum Gasteiger partial charge on any atom is -0.480 e. The van der Waals surface area contributed by atoms with Gasteiger partial charge in [-0.2, -0.15) is 0 Å². The second-order valence-electron chi connectivity index (χ2n) is 5.21. The number of aliphatic carboxylic acids is 1. The van der Waals surface area contributed by atoms with Crippen molar-refractivity contribution in [2.24, 2.45) is 5.92 Å². The van der Waals surface area contributed by atoms with Crippen molar-refractivity contribution in [2.75, 3.05) is 12.3 Å². The molecule has 8 nitrogen and oxygen atoms in total. The predicted octanol–water partition coefficient (Wildman–Crippen LogP) is -0.00650. The largest absolute Gasteiger partial charge is 0.480 e. The van der Waals surface area contributed by atoms with Gasteiger partial charge in [0, 0.05) is 6.54 Å². The summed E-state index contributed by atoms with van der Waals surface area (Å²) in [4.78, 5) is 11.0. The molecule has 0 bridgehead atoms. The fraction of sp³-hybridized carbons (Fsp3) is 0.462. The van der Waals surface area contributed by atoms with Crippen LogP contribution in [0.3, 0.4) is 0 Å². The lowest BCUT2D eigenvalue weighted by Gasteiger charge is -2.18. The molecule has 0 saturated heterocycles. The van der Waals surface area contributed by atoms with E-state index in [1.54, 1.807) is 32.0 Å². The van der Waals surface area contributed by atoms with Gasteiger partial charge in [0.2, 0.25) is 20.0 Å². The first kappa shape index (κ1) is 19.6. The molecule has 0 unspecified atom stereocenters. The van der Waals surface area contributed by atoms with Gasteiger partial charge in [0.1, 0.15) is 6.04 Å². The van der Waals surface area contributed by atoms with Gasteiger partial charge in [0.15, 0.2) is 0 Å². The highest BCUT2D eigenvalue weighted by Crippen LogP contribution is 2.07. The second-order valence-corrected chi connectivity index (χ2v) is 8.85. The molecule has 1 aromatic rings. The van der Waals surface area contributed by atoms with Gasteiger partial charge < -0.3 is 5.11 Å². The molecule has 1 atom stereocenters. The molecule has 0 aliphatic carbocycles. The van der Waals surface area contributed by atoms with Crippen LogP contribution in [0, 0.1) is 5.92 Å². The van der Waals surface area contributed by atoms with Gasteiger partial charge in [-0.05, 0) is 18.1 Å². The Morgan fingerprint density at radius 1 is 1.13 bits per heavy atom. The maximum atomic E-state index is 11.9. The van der Waals surface area contributed by atoms with E-state index in [9.17, 15) is 21.6 Å². The molecule has 1 rings (SSSR count). The smallest absolute Gasteiger partial charge is 0.321 e. The first-order valence-electron chi connectivity index (χ1n) is 6.83. The summed E-state index contributed by atoms with van der Waals surface area (Å²) in [6, 6.07) is 6.26. The van der Waals surface area contributed by atoms with E-state index in [-0.39, 0.29) is 11.4 Å². The molecule has 0 fully saturated rings. The van der Waals surface area contributed by atoms with Gasteiger partial charge in [-0.1, -0.05) is 32.0 Å². The van der Waals surface area contributed by atoms with Crippen molar-refractivity contribution in [1.29, 1.82) is 0 Å². The van der Waals surface area contributed by atoms with E-state index in [1.807, 2.05) is 0 Å². The number of rotatable bonds is 9. The van der Waals surface area contributed by atoms with Crippen LogP contribution in [0.4, 0.5) is 0 Å². The molecule has 0 heterocycles. The molecule has 0 aromatic heterocycles. The van der Waals surface area contributed by atoms with Crippen molar-refractivity contribution in [1.82, 2.24) is 9.44 Å². The van der Waals surface area contributed by atoms with Crippen LogP contribution in [0.2, 0.25) is 0 Å². The van der Waals surface area contributed by atoms with Crippen molar-refractivity contribution in [3.8, 4) is 0 Å². The van der Waals surface area contributed by atoms with E-state index in [4.69, 9.17) is 5.11 Å². The van der Waals surface area contributed by atoms with E-state index in [1.165, 1.54) is 12.1 Å². The monoisotopic (exact) mass is 364 g/mol. The third-order valence-corrected chi connectivity index (χ3v) is 5.79. The van der Waals surface area contributed by atoms with E-state index in [0.717, 1.165) is 0 Å². The molecule has 0 saturated carbocycles. The van der Waals surface area contributed by atoms with Crippen LogP contribution in [0.25, 0.3) is 0 Å². The minimum absolute atomic E-state index is 0.0240. The van der Waals surface area contributed by atoms with Gasteiger partial charge in [0.25, 0.3) is 0 Å². The molecular formula is C13H20N2O6S2. The fourth-order valence-corrected chi connectivity index (χ4v) is 4.15. The lowest BCUT2D eigenvalue weighted by molar-refractivity contribution is -0.140. The summed E-state index contributed by atoms with van der Waals surface area (Å²) in [6.45, 7) is 2.77. The number of hydrogen-bond acceptors (Lipinski definition) is 5. The number of carbonyl (C=O) groups is 1. The standard InChI is InChI=1S/C13H20N2O6S2/c1-10(2)12(13(16)17)15-22(18,19)9-8-14-23(20,21)11-6-4-3-5-7-11/h3-7,10,12,14-15H,8-9H2,1-2H3,(H,16,17)/t12-/m0/s1. The second kappa shape index (κ2) is 7.86. The summed E-state index contributed by atoms with van der Waals surface area (Å²) in [5.74, 6) is -2.29. The maximum absolute atomic E-state index is 11.9. The maximum Gasteiger partial charge on any atom is 0.321 e. The Hall–Kier alpha value is -1.49. The molecule has 0 aliphatic heterocycles. The number of carboxylic acids is 1. The molecule has 3 N–H and O–H groups in total. The summed E-state index contributed by atoms with van der Waals surface area (Å²) in [7, 11) is -7.74. The number of nitrogens with one attached hydrogen (secondary N) is 2. The van der Waals surface area contributed by atoms with Gasteiger partial charge in [-0.3, -0.25) is 4.79 Å². The summed E-state index contributed by atoms with van der Waals surface area (Å²) < 4.78 is 51.8. The molecule has 0 amide bonds. The Balaban J connectivity index is 2.65. The minimum atomic E-state index is -3.93. The molecule has 130 valence electrons.